The fourth-order valence-corrected chi connectivity index (χ4v) is 1.96. The van der Waals surface area contributed by atoms with E-state index < -0.39 is 0 Å². The molecule has 3 heteroatoms. The summed E-state index contributed by atoms with van der Waals surface area (Å²) in [7, 11) is 0. The van der Waals surface area contributed by atoms with Crippen LogP contribution in [0.2, 0.25) is 0 Å². The predicted molar refractivity (Wildman–Crippen MR) is 63.3 cm³/mol. The fourth-order valence-electron chi connectivity index (χ4n) is 1.96. The fraction of sp³-hybridized carbons (Fsp3) is 0.154. The summed E-state index contributed by atoms with van der Waals surface area (Å²) in [5.41, 5.74) is 8.93. The number of hydrogen-bond donors (Lipinski definition) is 1. The SMILES string of the molecule is Nc1cccc(-c2ccc3c(c2)CCO3)n1. The van der Waals surface area contributed by atoms with Gasteiger partial charge in [-0.2, -0.15) is 0 Å². The first-order valence-electron chi connectivity index (χ1n) is 5.31. The molecular weight excluding hydrogens is 200 g/mol. The molecule has 0 unspecified atom stereocenters. The van der Waals surface area contributed by atoms with Gasteiger partial charge in [0.05, 0.1) is 12.3 Å². The van der Waals surface area contributed by atoms with Crippen LogP contribution in [0.1, 0.15) is 5.56 Å². The summed E-state index contributed by atoms with van der Waals surface area (Å²) < 4.78 is 5.47. The summed E-state index contributed by atoms with van der Waals surface area (Å²) in [6, 6.07) is 11.8. The van der Waals surface area contributed by atoms with Crippen LogP contribution in [0.25, 0.3) is 11.3 Å². The highest BCUT2D eigenvalue weighted by Gasteiger charge is 2.12. The molecule has 1 aliphatic rings. The maximum absolute atomic E-state index is 5.67. The van der Waals surface area contributed by atoms with Gasteiger partial charge in [-0.25, -0.2) is 4.98 Å². The van der Waals surface area contributed by atoms with Crippen LogP contribution in [0.15, 0.2) is 36.4 Å². The van der Waals surface area contributed by atoms with Crippen LogP contribution in [0.4, 0.5) is 5.82 Å². The standard InChI is InChI=1S/C13H12N2O/c14-13-3-1-2-11(15-13)9-4-5-12-10(8-9)6-7-16-12/h1-5,8H,6-7H2,(H2,14,15). The monoisotopic (exact) mass is 212 g/mol. The molecule has 1 aromatic carbocycles. The minimum absolute atomic E-state index is 0.550. The first-order chi connectivity index (χ1) is 7.83. The molecule has 0 spiro atoms. The first-order valence-corrected chi connectivity index (χ1v) is 5.31. The van der Waals surface area contributed by atoms with Gasteiger partial charge in [-0.05, 0) is 35.9 Å². The van der Waals surface area contributed by atoms with Gasteiger partial charge >= 0.3 is 0 Å². The molecule has 0 amide bonds. The number of rotatable bonds is 1. The summed E-state index contributed by atoms with van der Waals surface area (Å²) in [6.07, 6.45) is 0.978. The molecule has 2 N–H and O–H groups in total. The third-order valence-electron chi connectivity index (χ3n) is 2.76. The molecule has 3 rings (SSSR count). The highest BCUT2D eigenvalue weighted by molar-refractivity contribution is 5.63. The number of hydrogen-bond acceptors (Lipinski definition) is 3. The maximum atomic E-state index is 5.67. The Hall–Kier alpha value is -2.03. The molecule has 0 aliphatic carbocycles. The zero-order valence-corrected chi connectivity index (χ0v) is 8.81. The largest absolute Gasteiger partial charge is 0.493 e. The van der Waals surface area contributed by atoms with Crippen LogP contribution in [0.3, 0.4) is 0 Å². The van der Waals surface area contributed by atoms with Gasteiger partial charge in [-0.1, -0.05) is 6.07 Å². The second kappa shape index (κ2) is 3.52. The number of aromatic nitrogens is 1. The number of ether oxygens (including phenoxy) is 1. The van der Waals surface area contributed by atoms with E-state index >= 15 is 0 Å². The molecule has 0 radical (unpaired) electrons. The Kier molecular flexibility index (Phi) is 2.03. The molecule has 0 saturated carbocycles. The number of anilines is 1. The molecule has 0 bridgehead atoms. The van der Waals surface area contributed by atoms with E-state index in [2.05, 4.69) is 11.1 Å². The molecular formula is C13H12N2O. The van der Waals surface area contributed by atoms with Crippen molar-refractivity contribution in [2.45, 2.75) is 6.42 Å². The molecule has 2 heterocycles. The molecule has 1 aromatic heterocycles. The van der Waals surface area contributed by atoms with E-state index in [9.17, 15) is 0 Å². The number of benzene rings is 1. The Morgan fingerprint density at radius 3 is 3.00 bits per heavy atom. The number of nitrogen functional groups attached to an aromatic ring is 1. The highest BCUT2D eigenvalue weighted by atomic mass is 16.5. The van der Waals surface area contributed by atoms with E-state index in [0.29, 0.717) is 5.82 Å². The Morgan fingerprint density at radius 2 is 2.12 bits per heavy atom. The molecule has 0 saturated heterocycles. The van der Waals surface area contributed by atoms with Crippen LogP contribution in [0.5, 0.6) is 5.75 Å². The zero-order valence-electron chi connectivity index (χ0n) is 8.81. The maximum Gasteiger partial charge on any atom is 0.124 e. The van der Waals surface area contributed by atoms with Crippen molar-refractivity contribution in [3.63, 3.8) is 0 Å². The molecule has 16 heavy (non-hydrogen) atoms. The van der Waals surface area contributed by atoms with Crippen molar-refractivity contribution in [1.82, 2.24) is 4.98 Å². The van der Waals surface area contributed by atoms with Gasteiger partial charge in [0, 0.05) is 12.0 Å². The average Bonchev–Trinajstić information content (AvgIpc) is 2.75. The smallest absolute Gasteiger partial charge is 0.124 e. The van der Waals surface area contributed by atoms with Crippen molar-refractivity contribution < 1.29 is 4.74 Å². The van der Waals surface area contributed by atoms with Crippen molar-refractivity contribution in [2.75, 3.05) is 12.3 Å². The van der Waals surface area contributed by atoms with E-state index in [-0.39, 0.29) is 0 Å². The van der Waals surface area contributed by atoms with Crippen LogP contribution >= 0.6 is 0 Å². The minimum Gasteiger partial charge on any atom is -0.493 e. The van der Waals surface area contributed by atoms with Crippen molar-refractivity contribution >= 4 is 5.82 Å². The van der Waals surface area contributed by atoms with Crippen LogP contribution < -0.4 is 10.5 Å². The van der Waals surface area contributed by atoms with Crippen molar-refractivity contribution in [2.24, 2.45) is 0 Å². The molecule has 2 aromatic rings. The first kappa shape index (κ1) is 9.21. The summed E-state index contributed by atoms with van der Waals surface area (Å²) in [6.45, 7) is 0.781. The number of fused-ring (bicyclic) bond motifs is 1. The normalized spacial score (nSPS) is 13.2. The van der Waals surface area contributed by atoms with Gasteiger partial charge in [0.15, 0.2) is 0 Å². The van der Waals surface area contributed by atoms with Crippen LogP contribution in [-0.2, 0) is 6.42 Å². The summed E-state index contributed by atoms with van der Waals surface area (Å²) in [5.74, 6) is 1.54. The molecule has 80 valence electrons. The second-order valence-electron chi connectivity index (χ2n) is 3.87. The van der Waals surface area contributed by atoms with Crippen molar-refractivity contribution in [3.8, 4) is 17.0 Å². The molecule has 1 aliphatic heterocycles. The van der Waals surface area contributed by atoms with E-state index in [0.717, 1.165) is 30.0 Å². The summed E-state index contributed by atoms with van der Waals surface area (Å²) >= 11 is 0. The van der Waals surface area contributed by atoms with Gasteiger partial charge < -0.3 is 10.5 Å². The van der Waals surface area contributed by atoms with E-state index in [4.69, 9.17) is 10.5 Å². The Balaban J connectivity index is 2.07. The Labute approximate surface area is 93.9 Å². The lowest BCUT2D eigenvalue weighted by atomic mass is 10.1. The van der Waals surface area contributed by atoms with Gasteiger partial charge in [0.2, 0.25) is 0 Å². The van der Waals surface area contributed by atoms with Gasteiger partial charge in [0.1, 0.15) is 11.6 Å². The zero-order chi connectivity index (χ0) is 11.0. The topological polar surface area (TPSA) is 48.1 Å². The van der Waals surface area contributed by atoms with Crippen LogP contribution in [0, 0.1) is 0 Å². The van der Waals surface area contributed by atoms with Gasteiger partial charge in [-0.3, -0.25) is 0 Å². The molecule has 3 nitrogen and oxygen atoms in total. The van der Waals surface area contributed by atoms with E-state index in [1.54, 1.807) is 6.07 Å². The predicted octanol–water partition coefficient (Wildman–Crippen LogP) is 2.27. The van der Waals surface area contributed by atoms with Gasteiger partial charge in [0.25, 0.3) is 0 Å². The Bertz CT molecular complexity index is 537. The molecule has 0 fully saturated rings. The second-order valence-corrected chi connectivity index (χ2v) is 3.87. The highest BCUT2D eigenvalue weighted by Crippen LogP contribution is 2.29. The van der Waals surface area contributed by atoms with Crippen LogP contribution in [-0.4, -0.2) is 11.6 Å². The third kappa shape index (κ3) is 1.50. The Morgan fingerprint density at radius 1 is 1.19 bits per heavy atom. The lowest BCUT2D eigenvalue weighted by Gasteiger charge is -2.04. The lowest BCUT2D eigenvalue weighted by Crippen LogP contribution is -1.91. The van der Waals surface area contributed by atoms with Crippen molar-refractivity contribution in [3.05, 3.63) is 42.0 Å². The minimum atomic E-state index is 0.550. The number of nitrogens with two attached hydrogens (primary N) is 1. The quantitative estimate of drug-likeness (QED) is 0.788. The third-order valence-corrected chi connectivity index (χ3v) is 2.76. The number of nitrogens with zero attached hydrogens (tertiary/aromatic N) is 1. The van der Waals surface area contributed by atoms with Crippen molar-refractivity contribution in [1.29, 1.82) is 0 Å². The van der Waals surface area contributed by atoms with E-state index in [1.807, 2.05) is 24.3 Å². The molecule has 0 atom stereocenters. The van der Waals surface area contributed by atoms with Gasteiger partial charge in [-0.15, -0.1) is 0 Å². The van der Waals surface area contributed by atoms with E-state index in [1.165, 1.54) is 5.56 Å². The summed E-state index contributed by atoms with van der Waals surface area (Å²) in [4.78, 5) is 4.31. The lowest BCUT2D eigenvalue weighted by molar-refractivity contribution is 0.357. The average molecular weight is 212 g/mol. The summed E-state index contributed by atoms with van der Waals surface area (Å²) in [5, 5.41) is 0. The number of pyridine rings is 1.